The van der Waals surface area contributed by atoms with E-state index in [1.165, 1.54) is 24.9 Å². The minimum Gasteiger partial charge on any atom is -0.467 e. The summed E-state index contributed by atoms with van der Waals surface area (Å²) >= 11 is 0. The molecule has 0 saturated carbocycles. The fourth-order valence-corrected chi connectivity index (χ4v) is 1.18. The lowest BCUT2D eigenvalue weighted by molar-refractivity contribution is -0.142. The topological polar surface area (TPSA) is 99.2 Å². The summed E-state index contributed by atoms with van der Waals surface area (Å²) in [5, 5.41) is 6.31. The number of anilines is 1. The summed E-state index contributed by atoms with van der Waals surface area (Å²) in [6.07, 6.45) is 1.51. The number of aryl methyl sites for hydroxylation is 1. The summed E-state index contributed by atoms with van der Waals surface area (Å²) in [5.41, 5.74) is 5.92. The Morgan fingerprint density at radius 2 is 2.25 bits per heavy atom. The van der Waals surface area contributed by atoms with Gasteiger partial charge < -0.3 is 15.8 Å². The van der Waals surface area contributed by atoms with Gasteiger partial charge in [-0.15, -0.1) is 0 Å². The van der Waals surface area contributed by atoms with Crippen LogP contribution < -0.4 is 11.1 Å². The number of hydrogen-bond donors (Lipinski definition) is 2. The molecule has 1 rings (SSSR count). The average Bonchev–Trinajstić information content (AvgIpc) is 2.56. The summed E-state index contributed by atoms with van der Waals surface area (Å²) in [4.78, 5) is 22.7. The molecule has 7 nitrogen and oxygen atoms in total. The number of carbonyl (C=O) groups is 2. The molecule has 1 aromatic heterocycles. The maximum absolute atomic E-state index is 11.6. The van der Waals surface area contributed by atoms with Crippen LogP contribution in [-0.2, 0) is 16.6 Å². The largest absolute Gasteiger partial charge is 0.467 e. The van der Waals surface area contributed by atoms with Gasteiger partial charge in [0.25, 0.3) is 5.91 Å². The summed E-state index contributed by atoms with van der Waals surface area (Å²) in [7, 11) is 2.90. The highest BCUT2D eigenvalue weighted by Gasteiger charge is 2.20. The fraction of sp³-hybridized carbons (Fsp3) is 0.444. The number of aromatic nitrogens is 2. The molecule has 88 valence electrons. The van der Waals surface area contributed by atoms with Crippen molar-refractivity contribution in [1.29, 1.82) is 0 Å². The van der Waals surface area contributed by atoms with Crippen LogP contribution in [0.15, 0.2) is 6.20 Å². The molecule has 3 N–H and O–H groups in total. The monoisotopic (exact) mass is 226 g/mol. The Labute approximate surface area is 92.6 Å². The smallest absolute Gasteiger partial charge is 0.328 e. The number of rotatable bonds is 3. The summed E-state index contributed by atoms with van der Waals surface area (Å²) in [5.74, 6) is -1.03. The standard InChI is InChI=1S/C9H14N4O3/c1-5(9(15)16-3)11-8(14)7-6(10)4-13(2)12-7/h4-5H,10H2,1-3H3,(H,11,14). The van der Waals surface area contributed by atoms with E-state index in [1.54, 1.807) is 7.05 Å². The molecule has 1 amide bonds. The lowest BCUT2D eigenvalue weighted by atomic mass is 10.3. The van der Waals surface area contributed by atoms with E-state index >= 15 is 0 Å². The Morgan fingerprint density at radius 1 is 1.62 bits per heavy atom. The molecule has 0 aliphatic rings. The number of nitrogens with one attached hydrogen (secondary N) is 1. The zero-order chi connectivity index (χ0) is 12.3. The Kier molecular flexibility index (Phi) is 3.49. The van der Waals surface area contributed by atoms with Crippen molar-refractivity contribution >= 4 is 17.6 Å². The molecule has 7 heteroatoms. The Balaban J connectivity index is 2.73. The third-order valence-electron chi connectivity index (χ3n) is 1.97. The predicted octanol–water partition coefficient (Wildman–Crippen LogP) is -0.706. The number of carbonyl (C=O) groups excluding carboxylic acids is 2. The second kappa shape index (κ2) is 4.65. The quantitative estimate of drug-likeness (QED) is 0.663. The van der Waals surface area contributed by atoms with Crippen LogP contribution in [-0.4, -0.2) is 34.8 Å². The second-order valence-electron chi connectivity index (χ2n) is 3.33. The van der Waals surface area contributed by atoms with Gasteiger partial charge in [-0.25, -0.2) is 4.79 Å². The van der Waals surface area contributed by atoms with Gasteiger partial charge in [-0.1, -0.05) is 0 Å². The van der Waals surface area contributed by atoms with Crippen LogP contribution in [0.1, 0.15) is 17.4 Å². The van der Waals surface area contributed by atoms with Crippen LogP contribution in [0.4, 0.5) is 5.69 Å². The van der Waals surface area contributed by atoms with Crippen LogP contribution in [0.5, 0.6) is 0 Å². The normalized spacial score (nSPS) is 11.9. The first-order chi connectivity index (χ1) is 7.45. The van der Waals surface area contributed by atoms with E-state index in [1.807, 2.05) is 0 Å². The number of hydrogen-bond acceptors (Lipinski definition) is 5. The van der Waals surface area contributed by atoms with Crippen molar-refractivity contribution in [3.05, 3.63) is 11.9 Å². The third-order valence-corrected chi connectivity index (χ3v) is 1.97. The van der Waals surface area contributed by atoms with Gasteiger partial charge in [0.05, 0.1) is 12.8 Å². The molecule has 1 aromatic rings. The van der Waals surface area contributed by atoms with E-state index in [0.29, 0.717) is 0 Å². The highest BCUT2D eigenvalue weighted by Crippen LogP contribution is 2.07. The zero-order valence-corrected chi connectivity index (χ0v) is 9.35. The number of methoxy groups -OCH3 is 1. The minimum absolute atomic E-state index is 0.0956. The van der Waals surface area contributed by atoms with Crippen molar-refractivity contribution in [2.45, 2.75) is 13.0 Å². The first kappa shape index (κ1) is 12.0. The van der Waals surface area contributed by atoms with Gasteiger partial charge >= 0.3 is 5.97 Å². The fourth-order valence-electron chi connectivity index (χ4n) is 1.18. The van der Waals surface area contributed by atoms with E-state index in [0.717, 1.165) is 0 Å². The highest BCUT2D eigenvalue weighted by molar-refractivity contribution is 5.99. The van der Waals surface area contributed by atoms with Gasteiger partial charge in [-0.3, -0.25) is 9.48 Å². The molecule has 0 bridgehead atoms. The summed E-state index contributed by atoms with van der Waals surface area (Å²) in [6, 6.07) is -0.737. The van der Waals surface area contributed by atoms with Crippen molar-refractivity contribution in [1.82, 2.24) is 15.1 Å². The molecule has 0 aromatic carbocycles. The minimum atomic E-state index is -0.737. The van der Waals surface area contributed by atoms with E-state index in [9.17, 15) is 9.59 Å². The van der Waals surface area contributed by atoms with Crippen molar-refractivity contribution in [3.63, 3.8) is 0 Å². The van der Waals surface area contributed by atoms with Gasteiger partial charge in [-0.2, -0.15) is 5.10 Å². The maximum atomic E-state index is 11.6. The van der Waals surface area contributed by atoms with Crippen LogP contribution in [0.25, 0.3) is 0 Å². The molecular weight excluding hydrogens is 212 g/mol. The second-order valence-corrected chi connectivity index (χ2v) is 3.33. The van der Waals surface area contributed by atoms with Gasteiger partial charge in [0, 0.05) is 13.2 Å². The number of nitrogens with zero attached hydrogens (tertiary/aromatic N) is 2. The molecule has 0 aliphatic heterocycles. The predicted molar refractivity (Wildman–Crippen MR) is 56.6 cm³/mol. The lowest BCUT2D eigenvalue weighted by Gasteiger charge is -2.10. The van der Waals surface area contributed by atoms with Gasteiger partial charge in [0.1, 0.15) is 6.04 Å². The molecule has 0 aliphatic carbocycles. The molecule has 1 unspecified atom stereocenters. The van der Waals surface area contributed by atoms with Crippen molar-refractivity contribution in [2.75, 3.05) is 12.8 Å². The van der Waals surface area contributed by atoms with Crippen molar-refractivity contribution < 1.29 is 14.3 Å². The maximum Gasteiger partial charge on any atom is 0.328 e. The number of ether oxygens (including phenoxy) is 1. The number of nitrogen functional groups attached to an aromatic ring is 1. The summed E-state index contributed by atoms with van der Waals surface area (Å²) in [6.45, 7) is 1.52. The van der Waals surface area contributed by atoms with E-state index in [2.05, 4.69) is 15.2 Å². The lowest BCUT2D eigenvalue weighted by Crippen LogP contribution is -2.39. The van der Waals surface area contributed by atoms with Crippen LogP contribution in [0, 0.1) is 0 Å². The van der Waals surface area contributed by atoms with E-state index < -0.39 is 17.9 Å². The molecule has 0 radical (unpaired) electrons. The zero-order valence-electron chi connectivity index (χ0n) is 9.35. The van der Waals surface area contributed by atoms with Gasteiger partial charge in [0.15, 0.2) is 5.69 Å². The first-order valence-corrected chi connectivity index (χ1v) is 4.63. The van der Waals surface area contributed by atoms with Crippen molar-refractivity contribution in [2.24, 2.45) is 7.05 Å². The number of esters is 1. The van der Waals surface area contributed by atoms with E-state index in [4.69, 9.17) is 5.73 Å². The molecule has 0 saturated heterocycles. The molecule has 0 spiro atoms. The Hall–Kier alpha value is -2.05. The van der Waals surface area contributed by atoms with Crippen molar-refractivity contribution in [3.8, 4) is 0 Å². The molecule has 16 heavy (non-hydrogen) atoms. The molecule has 1 heterocycles. The summed E-state index contributed by atoms with van der Waals surface area (Å²) < 4.78 is 5.90. The van der Waals surface area contributed by atoms with E-state index in [-0.39, 0.29) is 11.4 Å². The SMILES string of the molecule is COC(=O)C(C)NC(=O)c1nn(C)cc1N. The number of nitrogens with two attached hydrogens (primary N) is 1. The van der Waals surface area contributed by atoms with Crippen LogP contribution in [0.3, 0.4) is 0 Å². The molecular formula is C9H14N4O3. The molecule has 1 atom stereocenters. The number of amides is 1. The van der Waals surface area contributed by atoms with Gasteiger partial charge in [0.2, 0.25) is 0 Å². The highest BCUT2D eigenvalue weighted by atomic mass is 16.5. The van der Waals surface area contributed by atoms with Gasteiger partial charge in [-0.05, 0) is 6.92 Å². The Bertz CT molecular complexity index is 413. The van der Waals surface area contributed by atoms with Crippen LogP contribution >= 0.6 is 0 Å². The molecule has 0 fully saturated rings. The van der Waals surface area contributed by atoms with Crippen LogP contribution in [0.2, 0.25) is 0 Å². The Morgan fingerprint density at radius 3 is 2.69 bits per heavy atom. The third kappa shape index (κ3) is 2.50. The first-order valence-electron chi connectivity index (χ1n) is 4.63. The average molecular weight is 226 g/mol.